The predicted octanol–water partition coefficient (Wildman–Crippen LogP) is 1.99. The Hall–Kier alpha value is -2.46. The van der Waals surface area contributed by atoms with Gasteiger partial charge in [-0.2, -0.15) is 4.31 Å². The Labute approximate surface area is 186 Å². The minimum Gasteiger partial charge on any atom is -0.495 e. The highest BCUT2D eigenvalue weighted by molar-refractivity contribution is 7.89. The molecule has 0 saturated carbocycles. The largest absolute Gasteiger partial charge is 0.495 e. The number of carbonyl (C=O) groups is 2. The Balaban J connectivity index is 1.46. The van der Waals surface area contributed by atoms with E-state index in [0.29, 0.717) is 29.5 Å². The van der Waals surface area contributed by atoms with Crippen molar-refractivity contribution in [2.24, 2.45) is 0 Å². The first-order chi connectivity index (χ1) is 14.8. The number of amides is 2. The summed E-state index contributed by atoms with van der Waals surface area (Å²) in [5, 5.41) is 0.466. The van der Waals surface area contributed by atoms with Crippen LogP contribution in [0, 0.1) is 0 Å². The molecule has 2 amide bonds. The van der Waals surface area contributed by atoms with E-state index in [4.69, 9.17) is 16.3 Å². The zero-order chi connectivity index (χ0) is 22.2. The van der Waals surface area contributed by atoms with Gasteiger partial charge in [0.2, 0.25) is 15.9 Å². The molecule has 1 atom stereocenters. The summed E-state index contributed by atoms with van der Waals surface area (Å²) in [7, 11) is -2.16. The van der Waals surface area contributed by atoms with Crippen LogP contribution in [-0.4, -0.2) is 68.8 Å². The smallest absolute Gasteiger partial charge is 0.251 e. The summed E-state index contributed by atoms with van der Waals surface area (Å²) in [5.74, 6) is -0.164. The lowest BCUT2D eigenvalue weighted by Gasteiger charge is -2.36. The van der Waals surface area contributed by atoms with E-state index in [1.807, 2.05) is 4.90 Å². The molecule has 31 heavy (non-hydrogen) atoms. The number of anilines is 1. The fourth-order valence-corrected chi connectivity index (χ4v) is 5.53. The maximum Gasteiger partial charge on any atom is 0.251 e. The van der Waals surface area contributed by atoms with E-state index in [9.17, 15) is 18.0 Å². The number of para-hydroxylation sites is 2. The van der Waals surface area contributed by atoms with Crippen LogP contribution in [0.3, 0.4) is 0 Å². The quantitative estimate of drug-likeness (QED) is 0.630. The lowest BCUT2D eigenvalue weighted by atomic mass is 10.2. The van der Waals surface area contributed by atoms with E-state index in [-0.39, 0.29) is 36.2 Å². The van der Waals surface area contributed by atoms with Gasteiger partial charge in [-0.3, -0.25) is 14.5 Å². The molecule has 0 aromatic heterocycles. The Morgan fingerprint density at radius 1 is 0.968 bits per heavy atom. The third-order valence-electron chi connectivity index (χ3n) is 5.61. The minimum absolute atomic E-state index is 0.0564. The van der Waals surface area contributed by atoms with E-state index in [0.717, 1.165) is 0 Å². The molecule has 2 aromatic rings. The van der Waals surface area contributed by atoms with Crippen LogP contribution in [0.4, 0.5) is 5.69 Å². The molecule has 4 rings (SSSR count). The number of nitrogens with zero attached hydrogens (tertiary/aromatic N) is 3. The first-order valence-corrected chi connectivity index (χ1v) is 11.6. The van der Waals surface area contributed by atoms with Crippen molar-refractivity contribution in [3.8, 4) is 5.75 Å². The van der Waals surface area contributed by atoms with Gasteiger partial charge >= 0.3 is 0 Å². The summed E-state index contributed by atoms with van der Waals surface area (Å²) in [6.07, 6.45) is 0.0564. The summed E-state index contributed by atoms with van der Waals surface area (Å²) < 4.78 is 32.4. The molecule has 0 unspecified atom stereocenters. The maximum atomic E-state index is 13.1. The minimum atomic E-state index is -3.64. The van der Waals surface area contributed by atoms with E-state index in [1.165, 1.54) is 28.4 Å². The molecule has 2 heterocycles. The zero-order valence-electron chi connectivity index (χ0n) is 16.9. The fraction of sp³-hybridized carbons (Fsp3) is 0.333. The molecule has 0 bridgehead atoms. The molecule has 2 aliphatic heterocycles. The second kappa shape index (κ2) is 8.58. The highest BCUT2D eigenvalue weighted by Gasteiger charge is 2.44. The highest BCUT2D eigenvalue weighted by Crippen LogP contribution is 2.33. The summed E-state index contributed by atoms with van der Waals surface area (Å²) in [5.41, 5.74) is 0.423. The number of rotatable bonds is 5. The Morgan fingerprint density at radius 2 is 1.61 bits per heavy atom. The Morgan fingerprint density at radius 3 is 2.26 bits per heavy atom. The Bertz CT molecular complexity index is 1100. The van der Waals surface area contributed by atoms with Crippen LogP contribution >= 0.6 is 11.6 Å². The van der Waals surface area contributed by atoms with E-state index in [2.05, 4.69) is 0 Å². The van der Waals surface area contributed by atoms with Crippen LogP contribution < -0.4 is 9.64 Å². The number of sulfonamides is 1. The second-order valence-corrected chi connectivity index (χ2v) is 9.73. The number of halogens is 1. The molecule has 0 radical (unpaired) electrons. The summed E-state index contributed by atoms with van der Waals surface area (Å²) in [6.45, 7) is 1.18. The molecule has 2 aromatic carbocycles. The normalized spacial score (nSPS) is 21.0. The molecule has 164 valence electrons. The number of ether oxygens (including phenoxy) is 1. The Kier molecular flexibility index (Phi) is 6.02. The van der Waals surface area contributed by atoms with Crippen molar-refractivity contribution >= 4 is 39.1 Å². The van der Waals surface area contributed by atoms with Gasteiger partial charge in [0.05, 0.1) is 30.2 Å². The highest BCUT2D eigenvalue weighted by atomic mass is 35.5. The van der Waals surface area contributed by atoms with Crippen molar-refractivity contribution in [2.75, 3.05) is 38.2 Å². The van der Waals surface area contributed by atoms with Crippen molar-refractivity contribution in [2.45, 2.75) is 17.4 Å². The molecule has 0 aliphatic carbocycles. The fourth-order valence-electron chi connectivity index (χ4n) is 3.98. The molecule has 0 spiro atoms. The van der Waals surface area contributed by atoms with Gasteiger partial charge < -0.3 is 4.74 Å². The first kappa shape index (κ1) is 21.8. The number of hydrogen-bond donors (Lipinski definition) is 0. The molecular weight excluding hydrogens is 442 g/mol. The van der Waals surface area contributed by atoms with Crippen LogP contribution in [0.5, 0.6) is 5.75 Å². The predicted molar refractivity (Wildman–Crippen MR) is 116 cm³/mol. The third kappa shape index (κ3) is 4.06. The third-order valence-corrected chi connectivity index (χ3v) is 7.78. The number of piperazine rings is 1. The maximum absolute atomic E-state index is 13.1. The van der Waals surface area contributed by atoms with Crippen LogP contribution in [0.1, 0.15) is 6.42 Å². The molecule has 8 nitrogen and oxygen atoms in total. The van der Waals surface area contributed by atoms with Gasteiger partial charge in [0.15, 0.2) is 0 Å². The van der Waals surface area contributed by atoms with Crippen molar-refractivity contribution in [1.29, 1.82) is 0 Å². The van der Waals surface area contributed by atoms with Crippen LogP contribution in [0.15, 0.2) is 53.4 Å². The lowest BCUT2D eigenvalue weighted by molar-refractivity contribution is -0.123. The summed E-state index contributed by atoms with van der Waals surface area (Å²) in [6, 6.07) is 12.3. The first-order valence-electron chi connectivity index (χ1n) is 9.82. The molecule has 2 fully saturated rings. The van der Waals surface area contributed by atoms with Gasteiger partial charge in [-0.05, 0) is 36.4 Å². The summed E-state index contributed by atoms with van der Waals surface area (Å²) >= 11 is 5.85. The molecule has 10 heteroatoms. The molecule has 2 saturated heterocycles. The van der Waals surface area contributed by atoms with Gasteiger partial charge in [-0.1, -0.05) is 23.7 Å². The van der Waals surface area contributed by atoms with Crippen LogP contribution in [0.2, 0.25) is 5.02 Å². The van der Waals surface area contributed by atoms with Crippen molar-refractivity contribution in [1.82, 2.24) is 9.21 Å². The number of benzene rings is 2. The molecular formula is C21H22ClN3O5S. The van der Waals surface area contributed by atoms with Gasteiger partial charge in [0, 0.05) is 31.2 Å². The average molecular weight is 464 g/mol. The number of hydrogen-bond acceptors (Lipinski definition) is 6. The van der Waals surface area contributed by atoms with Gasteiger partial charge in [-0.25, -0.2) is 13.3 Å². The van der Waals surface area contributed by atoms with Crippen LogP contribution in [0.25, 0.3) is 0 Å². The van der Waals surface area contributed by atoms with E-state index < -0.39 is 16.1 Å². The second-order valence-electron chi connectivity index (χ2n) is 7.35. The van der Waals surface area contributed by atoms with Gasteiger partial charge in [0.25, 0.3) is 5.91 Å². The van der Waals surface area contributed by atoms with E-state index in [1.54, 1.807) is 36.4 Å². The van der Waals surface area contributed by atoms with E-state index >= 15 is 0 Å². The number of carbonyl (C=O) groups excluding carboxylic acids is 2. The SMILES string of the molecule is COc1ccccc1N1C(=O)C[C@@H](N2CCN(S(=O)(=O)c3ccc(Cl)cc3)CC2)C1=O. The number of methoxy groups -OCH3 is 1. The van der Waals surface area contributed by atoms with Crippen molar-refractivity contribution in [3.05, 3.63) is 53.6 Å². The van der Waals surface area contributed by atoms with Crippen LogP contribution in [-0.2, 0) is 19.6 Å². The van der Waals surface area contributed by atoms with Crippen molar-refractivity contribution in [3.63, 3.8) is 0 Å². The number of imide groups is 1. The molecule has 0 N–H and O–H groups in total. The lowest BCUT2D eigenvalue weighted by Crippen LogP contribution is -2.53. The standard InChI is InChI=1S/C21H22ClN3O5S/c1-30-19-5-3-2-4-17(19)25-20(26)14-18(21(25)27)23-10-12-24(13-11-23)31(28,29)16-8-6-15(22)7-9-16/h2-9,18H,10-14H2,1H3/t18-/m1/s1. The van der Waals surface area contributed by atoms with Gasteiger partial charge in [-0.15, -0.1) is 0 Å². The zero-order valence-corrected chi connectivity index (χ0v) is 18.5. The monoisotopic (exact) mass is 463 g/mol. The molecule has 2 aliphatic rings. The van der Waals surface area contributed by atoms with Gasteiger partial charge in [0.1, 0.15) is 5.75 Å². The topological polar surface area (TPSA) is 87.2 Å². The van der Waals surface area contributed by atoms with Crippen molar-refractivity contribution < 1.29 is 22.7 Å². The average Bonchev–Trinajstić information content (AvgIpc) is 3.07. The summed E-state index contributed by atoms with van der Waals surface area (Å²) in [4.78, 5) is 29.0.